The molecule has 2 N–H and O–H groups in total. The van der Waals surface area contributed by atoms with Crippen LogP contribution in [0.1, 0.15) is 18.9 Å². The predicted molar refractivity (Wildman–Crippen MR) is 65.8 cm³/mol. The van der Waals surface area contributed by atoms with Gasteiger partial charge in [0.1, 0.15) is 0 Å². The van der Waals surface area contributed by atoms with Gasteiger partial charge in [0.15, 0.2) is 0 Å². The van der Waals surface area contributed by atoms with E-state index in [2.05, 4.69) is 22.6 Å². The van der Waals surface area contributed by atoms with Crippen LogP contribution in [-0.4, -0.2) is 22.8 Å². The van der Waals surface area contributed by atoms with Crippen LogP contribution in [0.25, 0.3) is 0 Å². The second-order valence-corrected chi connectivity index (χ2v) is 4.86. The summed E-state index contributed by atoms with van der Waals surface area (Å²) < 4.78 is 1.06. The van der Waals surface area contributed by atoms with Crippen LogP contribution in [0, 0.1) is 3.57 Å². The van der Waals surface area contributed by atoms with Crippen molar-refractivity contribution in [3.05, 3.63) is 33.4 Å². The summed E-state index contributed by atoms with van der Waals surface area (Å²) in [4.78, 5) is 11.2. The van der Waals surface area contributed by atoms with Crippen LogP contribution in [0.15, 0.2) is 24.3 Å². The van der Waals surface area contributed by atoms with Gasteiger partial charge in [-0.15, -0.1) is 0 Å². The third-order valence-corrected chi connectivity index (χ3v) is 3.28. The van der Waals surface area contributed by atoms with Crippen LogP contribution in [0.4, 0.5) is 0 Å². The predicted octanol–water partition coefficient (Wildman–Crippen LogP) is 2.02. The maximum absolute atomic E-state index is 11.2. The lowest BCUT2D eigenvalue weighted by Crippen LogP contribution is -2.33. The molecule has 0 aliphatic carbocycles. The van der Waals surface area contributed by atoms with Gasteiger partial charge in [-0.05, 0) is 53.6 Å². The van der Waals surface area contributed by atoms with Gasteiger partial charge in [0.05, 0.1) is 5.41 Å². The average Bonchev–Trinajstić information content (AvgIpc) is 2.18. The van der Waals surface area contributed by atoms with Crippen molar-refractivity contribution < 1.29 is 15.0 Å². The van der Waals surface area contributed by atoms with E-state index >= 15 is 0 Å². The summed E-state index contributed by atoms with van der Waals surface area (Å²) in [6.45, 7) is 1.50. The Morgan fingerprint density at radius 3 is 2.33 bits per heavy atom. The van der Waals surface area contributed by atoms with Crippen LogP contribution in [0.2, 0.25) is 0 Å². The summed E-state index contributed by atoms with van der Waals surface area (Å²) in [5.74, 6) is -0.905. The molecule has 1 aromatic rings. The Hall–Kier alpha value is -0.620. The molecule has 82 valence electrons. The van der Waals surface area contributed by atoms with Crippen molar-refractivity contribution in [1.82, 2.24) is 0 Å². The summed E-state index contributed by atoms with van der Waals surface area (Å²) >= 11 is 2.17. The summed E-state index contributed by atoms with van der Waals surface area (Å²) in [5.41, 5.74) is -0.275. The molecule has 0 aromatic heterocycles. The number of aliphatic carboxylic acids is 1. The highest BCUT2D eigenvalue weighted by Gasteiger charge is 2.34. The largest absolute Gasteiger partial charge is 0.481 e. The number of hydrogen-bond acceptors (Lipinski definition) is 2. The van der Waals surface area contributed by atoms with E-state index in [9.17, 15) is 9.90 Å². The van der Waals surface area contributed by atoms with Crippen molar-refractivity contribution >= 4 is 28.6 Å². The van der Waals surface area contributed by atoms with Crippen molar-refractivity contribution in [3.8, 4) is 0 Å². The molecule has 0 radical (unpaired) electrons. The first-order valence-electron chi connectivity index (χ1n) is 4.61. The number of carboxylic acid groups (broad SMARTS) is 1. The lowest BCUT2D eigenvalue weighted by Gasteiger charge is -2.24. The summed E-state index contributed by atoms with van der Waals surface area (Å²) in [7, 11) is 0. The van der Waals surface area contributed by atoms with E-state index in [4.69, 9.17) is 5.11 Å². The molecule has 0 fully saturated rings. The maximum Gasteiger partial charge on any atom is 0.313 e. The molecule has 0 spiro atoms. The van der Waals surface area contributed by atoms with E-state index in [0.717, 1.165) is 9.13 Å². The molecular formula is C11H13IO3. The van der Waals surface area contributed by atoms with E-state index in [-0.39, 0.29) is 13.0 Å². The minimum atomic E-state index is -1.00. The molecule has 0 aliphatic rings. The first-order chi connectivity index (χ1) is 7.00. The molecule has 0 amide bonds. The van der Waals surface area contributed by atoms with Gasteiger partial charge >= 0.3 is 5.97 Å². The topological polar surface area (TPSA) is 57.5 Å². The van der Waals surface area contributed by atoms with E-state index in [0.29, 0.717) is 0 Å². The molecule has 4 heteroatoms. The van der Waals surface area contributed by atoms with E-state index in [1.807, 2.05) is 12.1 Å². The fourth-order valence-corrected chi connectivity index (χ4v) is 1.78. The van der Waals surface area contributed by atoms with Gasteiger partial charge in [0.2, 0.25) is 0 Å². The van der Waals surface area contributed by atoms with Crippen LogP contribution in [0.5, 0.6) is 0 Å². The van der Waals surface area contributed by atoms with Gasteiger partial charge in [-0.3, -0.25) is 4.79 Å². The molecule has 0 saturated carbocycles. The first-order valence-corrected chi connectivity index (χ1v) is 5.69. The molecule has 1 unspecified atom stereocenters. The van der Waals surface area contributed by atoms with Gasteiger partial charge in [0, 0.05) is 10.2 Å². The number of halogens is 1. The Balaban J connectivity index is 3.09. The molecular weight excluding hydrogens is 307 g/mol. The molecule has 1 aromatic carbocycles. The molecule has 1 atom stereocenters. The monoisotopic (exact) mass is 320 g/mol. The standard InChI is InChI=1S/C11H13IO3/c1-11(6-7-13,10(14)15)8-2-4-9(12)5-3-8/h2-5,13H,6-7H2,1H3,(H,14,15). The second kappa shape index (κ2) is 4.94. The van der Waals surface area contributed by atoms with Gasteiger partial charge in [-0.25, -0.2) is 0 Å². The van der Waals surface area contributed by atoms with Crippen LogP contribution in [-0.2, 0) is 10.2 Å². The summed E-state index contributed by atoms with van der Waals surface area (Å²) in [6, 6.07) is 7.33. The van der Waals surface area contributed by atoms with Crippen molar-refractivity contribution in [2.75, 3.05) is 6.61 Å². The average molecular weight is 320 g/mol. The maximum atomic E-state index is 11.2. The van der Waals surface area contributed by atoms with E-state index in [1.54, 1.807) is 19.1 Å². The van der Waals surface area contributed by atoms with Crippen LogP contribution in [0.3, 0.4) is 0 Å². The molecule has 0 aliphatic heterocycles. The molecule has 0 bridgehead atoms. The summed E-state index contributed by atoms with van der Waals surface area (Å²) in [5, 5.41) is 18.1. The zero-order valence-electron chi connectivity index (χ0n) is 8.40. The molecule has 0 heterocycles. The van der Waals surface area contributed by atoms with E-state index < -0.39 is 11.4 Å². The van der Waals surface area contributed by atoms with E-state index in [1.165, 1.54) is 0 Å². The molecule has 15 heavy (non-hydrogen) atoms. The normalized spacial score (nSPS) is 14.6. The van der Waals surface area contributed by atoms with Crippen molar-refractivity contribution in [3.63, 3.8) is 0 Å². The fourth-order valence-electron chi connectivity index (χ4n) is 1.42. The smallest absolute Gasteiger partial charge is 0.313 e. The summed E-state index contributed by atoms with van der Waals surface area (Å²) in [6.07, 6.45) is 0.225. The lowest BCUT2D eigenvalue weighted by molar-refractivity contribution is -0.143. The van der Waals surface area contributed by atoms with Crippen molar-refractivity contribution in [1.29, 1.82) is 0 Å². The number of aliphatic hydroxyl groups is 1. The number of carboxylic acids is 1. The number of aliphatic hydroxyl groups excluding tert-OH is 1. The highest BCUT2D eigenvalue weighted by atomic mass is 127. The van der Waals surface area contributed by atoms with Gasteiger partial charge in [0.25, 0.3) is 0 Å². The first kappa shape index (κ1) is 12.4. The Morgan fingerprint density at radius 2 is 1.93 bits per heavy atom. The Kier molecular flexibility index (Phi) is 4.10. The third-order valence-electron chi connectivity index (χ3n) is 2.57. The Bertz CT molecular complexity index is 347. The number of benzene rings is 1. The zero-order chi connectivity index (χ0) is 11.5. The van der Waals surface area contributed by atoms with Gasteiger partial charge in [-0.2, -0.15) is 0 Å². The quantitative estimate of drug-likeness (QED) is 0.835. The number of rotatable bonds is 4. The van der Waals surface area contributed by atoms with Crippen molar-refractivity contribution in [2.45, 2.75) is 18.8 Å². The minimum Gasteiger partial charge on any atom is -0.481 e. The highest BCUT2D eigenvalue weighted by Crippen LogP contribution is 2.28. The number of carbonyl (C=O) groups is 1. The van der Waals surface area contributed by atoms with Gasteiger partial charge in [-0.1, -0.05) is 12.1 Å². The Labute approximate surface area is 102 Å². The molecule has 3 nitrogen and oxygen atoms in total. The fraction of sp³-hybridized carbons (Fsp3) is 0.364. The highest BCUT2D eigenvalue weighted by molar-refractivity contribution is 14.1. The number of hydrogen-bond donors (Lipinski definition) is 2. The van der Waals surface area contributed by atoms with Crippen LogP contribution < -0.4 is 0 Å². The third kappa shape index (κ3) is 2.69. The molecule has 1 rings (SSSR count). The lowest BCUT2D eigenvalue weighted by atomic mass is 9.80. The SMILES string of the molecule is CC(CCO)(C(=O)O)c1ccc(I)cc1. The van der Waals surface area contributed by atoms with Gasteiger partial charge < -0.3 is 10.2 Å². The van der Waals surface area contributed by atoms with Crippen LogP contribution >= 0.6 is 22.6 Å². The Morgan fingerprint density at radius 1 is 1.40 bits per heavy atom. The second-order valence-electron chi connectivity index (χ2n) is 3.62. The molecule has 0 saturated heterocycles. The minimum absolute atomic E-state index is 0.130. The zero-order valence-corrected chi connectivity index (χ0v) is 10.6. The van der Waals surface area contributed by atoms with Crippen molar-refractivity contribution in [2.24, 2.45) is 0 Å².